The Labute approximate surface area is 100 Å². The highest BCUT2D eigenvalue weighted by molar-refractivity contribution is 7.17. The first-order chi connectivity index (χ1) is 7.71. The number of esters is 1. The fraction of sp³-hybridized carbons (Fsp3) is 0.636. The third-order valence-electron chi connectivity index (χ3n) is 2.35. The molecule has 1 unspecified atom stereocenters. The maximum Gasteiger partial charge on any atom is 0.349 e. The topological polar surface area (TPSA) is 51.2 Å². The highest BCUT2D eigenvalue weighted by Crippen LogP contribution is 2.21. The molecular weight excluding hydrogens is 224 g/mol. The fourth-order valence-corrected chi connectivity index (χ4v) is 2.25. The van der Waals surface area contributed by atoms with Crippen LogP contribution in [0.15, 0.2) is 6.20 Å². The van der Waals surface area contributed by atoms with Crippen molar-refractivity contribution >= 4 is 22.4 Å². The molecule has 0 saturated heterocycles. The van der Waals surface area contributed by atoms with E-state index in [1.165, 1.54) is 18.4 Å². The first kappa shape index (κ1) is 13.0. The average molecular weight is 242 g/mol. The van der Waals surface area contributed by atoms with Crippen molar-refractivity contribution in [2.75, 3.05) is 12.4 Å². The molecule has 1 heterocycles. The smallest absolute Gasteiger partial charge is 0.349 e. The number of ether oxygens (including phenoxy) is 1. The molecular formula is C11H18N2O2S. The van der Waals surface area contributed by atoms with Crippen LogP contribution in [0.3, 0.4) is 0 Å². The average Bonchev–Trinajstić information content (AvgIpc) is 2.76. The molecule has 0 amide bonds. The minimum atomic E-state index is -0.325. The van der Waals surface area contributed by atoms with E-state index in [1.54, 1.807) is 6.20 Å². The Morgan fingerprint density at radius 1 is 1.62 bits per heavy atom. The molecule has 1 N–H and O–H groups in total. The van der Waals surface area contributed by atoms with E-state index in [2.05, 4.69) is 28.9 Å². The maximum atomic E-state index is 11.2. The van der Waals surface area contributed by atoms with Gasteiger partial charge in [0.2, 0.25) is 0 Å². The summed E-state index contributed by atoms with van der Waals surface area (Å²) in [5, 5.41) is 4.12. The molecule has 5 heteroatoms. The summed E-state index contributed by atoms with van der Waals surface area (Å²) in [5.41, 5.74) is 0. The summed E-state index contributed by atoms with van der Waals surface area (Å²) < 4.78 is 4.63. The van der Waals surface area contributed by atoms with Crippen LogP contribution >= 0.6 is 11.3 Å². The van der Waals surface area contributed by atoms with Crippen LogP contribution in [0.1, 0.15) is 42.8 Å². The van der Waals surface area contributed by atoms with Crippen LogP contribution in [0.5, 0.6) is 0 Å². The summed E-state index contributed by atoms with van der Waals surface area (Å²) in [6.07, 6.45) is 4.86. The van der Waals surface area contributed by atoms with Gasteiger partial charge in [0.05, 0.1) is 13.3 Å². The lowest BCUT2D eigenvalue weighted by molar-refractivity contribution is 0.0606. The van der Waals surface area contributed by atoms with Gasteiger partial charge in [0.1, 0.15) is 4.88 Å². The summed E-state index contributed by atoms with van der Waals surface area (Å²) in [6.45, 7) is 4.30. The van der Waals surface area contributed by atoms with Gasteiger partial charge in [-0.05, 0) is 12.8 Å². The van der Waals surface area contributed by atoms with Crippen molar-refractivity contribution in [3.63, 3.8) is 0 Å². The third-order valence-corrected chi connectivity index (χ3v) is 3.26. The second kappa shape index (κ2) is 6.48. The van der Waals surface area contributed by atoms with Gasteiger partial charge in [-0.25, -0.2) is 9.78 Å². The van der Waals surface area contributed by atoms with E-state index < -0.39 is 0 Å². The zero-order chi connectivity index (χ0) is 12.0. The number of carbonyl (C=O) groups excluding carboxylic acids is 1. The largest absolute Gasteiger partial charge is 0.465 e. The van der Waals surface area contributed by atoms with E-state index in [0.717, 1.165) is 24.4 Å². The fourth-order valence-electron chi connectivity index (χ4n) is 1.44. The predicted octanol–water partition coefficient (Wildman–Crippen LogP) is 2.92. The van der Waals surface area contributed by atoms with E-state index in [9.17, 15) is 4.79 Å². The molecule has 4 nitrogen and oxygen atoms in total. The molecule has 1 rings (SSSR count). The van der Waals surface area contributed by atoms with E-state index >= 15 is 0 Å². The summed E-state index contributed by atoms with van der Waals surface area (Å²) in [6, 6.07) is 0.432. The van der Waals surface area contributed by atoms with Gasteiger partial charge in [0.15, 0.2) is 5.13 Å². The summed E-state index contributed by atoms with van der Waals surface area (Å²) in [7, 11) is 1.38. The number of hydrogen-bond donors (Lipinski definition) is 1. The van der Waals surface area contributed by atoms with Crippen molar-refractivity contribution in [1.29, 1.82) is 0 Å². The van der Waals surface area contributed by atoms with Gasteiger partial charge in [-0.2, -0.15) is 0 Å². The number of aromatic nitrogens is 1. The minimum absolute atomic E-state index is 0.325. The van der Waals surface area contributed by atoms with Crippen LogP contribution in [0.4, 0.5) is 5.13 Å². The lowest BCUT2D eigenvalue weighted by Crippen LogP contribution is -2.17. The van der Waals surface area contributed by atoms with Crippen LogP contribution in [0.2, 0.25) is 0 Å². The monoisotopic (exact) mass is 242 g/mol. The Morgan fingerprint density at radius 3 is 2.94 bits per heavy atom. The predicted molar refractivity (Wildman–Crippen MR) is 66.1 cm³/mol. The molecule has 0 fully saturated rings. The molecule has 0 aliphatic carbocycles. The Balaban J connectivity index is 2.60. The number of nitrogens with zero attached hydrogens (tertiary/aromatic N) is 1. The van der Waals surface area contributed by atoms with Crippen LogP contribution in [-0.4, -0.2) is 24.1 Å². The van der Waals surface area contributed by atoms with Crippen LogP contribution < -0.4 is 5.32 Å². The van der Waals surface area contributed by atoms with Crippen molar-refractivity contribution < 1.29 is 9.53 Å². The first-order valence-corrected chi connectivity index (χ1v) is 6.33. The lowest BCUT2D eigenvalue weighted by atomic mass is 10.1. The number of nitrogens with one attached hydrogen (secondary N) is 1. The maximum absolute atomic E-state index is 11.2. The van der Waals surface area contributed by atoms with Gasteiger partial charge < -0.3 is 10.1 Å². The Hall–Kier alpha value is -1.10. The van der Waals surface area contributed by atoms with Gasteiger partial charge in [-0.1, -0.05) is 31.6 Å². The molecule has 0 radical (unpaired) electrons. The van der Waals surface area contributed by atoms with Gasteiger partial charge >= 0.3 is 5.97 Å². The molecule has 0 aliphatic heterocycles. The van der Waals surface area contributed by atoms with Gasteiger partial charge in [0, 0.05) is 6.04 Å². The Morgan fingerprint density at radius 2 is 2.38 bits per heavy atom. The molecule has 16 heavy (non-hydrogen) atoms. The van der Waals surface area contributed by atoms with E-state index in [0.29, 0.717) is 10.9 Å². The molecule has 0 spiro atoms. The van der Waals surface area contributed by atoms with E-state index in [4.69, 9.17) is 0 Å². The number of rotatable bonds is 6. The molecule has 1 aromatic rings. The van der Waals surface area contributed by atoms with Crippen molar-refractivity contribution in [1.82, 2.24) is 4.98 Å². The summed E-state index contributed by atoms with van der Waals surface area (Å²) in [5.74, 6) is -0.325. The zero-order valence-corrected chi connectivity index (χ0v) is 10.8. The van der Waals surface area contributed by atoms with Crippen LogP contribution in [0, 0.1) is 0 Å². The van der Waals surface area contributed by atoms with Gasteiger partial charge in [-0.3, -0.25) is 0 Å². The van der Waals surface area contributed by atoms with E-state index in [-0.39, 0.29) is 5.97 Å². The highest BCUT2D eigenvalue weighted by Gasteiger charge is 2.12. The van der Waals surface area contributed by atoms with E-state index in [1.807, 2.05) is 0 Å². The second-order valence-corrected chi connectivity index (χ2v) is 4.59. The molecule has 1 aromatic heterocycles. The highest BCUT2D eigenvalue weighted by atomic mass is 32.1. The van der Waals surface area contributed by atoms with Gasteiger partial charge in [0.25, 0.3) is 0 Å². The molecule has 0 bridgehead atoms. The Kier molecular flexibility index (Phi) is 5.25. The number of anilines is 1. The Bertz CT molecular complexity index is 338. The normalized spacial score (nSPS) is 12.2. The molecule has 1 atom stereocenters. The van der Waals surface area contributed by atoms with Crippen LogP contribution in [0.25, 0.3) is 0 Å². The quantitative estimate of drug-likeness (QED) is 0.779. The van der Waals surface area contributed by atoms with Crippen molar-refractivity contribution in [2.24, 2.45) is 0 Å². The molecule has 0 saturated carbocycles. The molecule has 0 aromatic carbocycles. The second-order valence-electron chi connectivity index (χ2n) is 3.56. The first-order valence-electron chi connectivity index (χ1n) is 5.51. The minimum Gasteiger partial charge on any atom is -0.465 e. The SMILES string of the molecule is CCCC(CC)Nc1ncc(C(=O)OC)s1. The standard InChI is InChI=1S/C11H18N2O2S/c1-4-6-8(5-2)13-11-12-7-9(16-11)10(14)15-3/h7-8H,4-6H2,1-3H3,(H,12,13). The van der Waals surface area contributed by atoms with Crippen molar-refractivity contribution in [3.05, 3.63) is 11.1 Å². The summed E-state index contributed by atoms with van der Waals surface area (Å²) >= 11 is 1.34. The lowest BCUT2D eigenvalue weighted by Gasteiger charge is -2.14. The van der Waals surface area contributed by atoms with Crippen molar-refractivity contribution in [2.45, 2.75) is 39.2 Å². The summed E-state index contributed by atoms with van der Waals surface area (Å²) in [4.78, 5) is 15.9. The number of methoxy groups -OCH3 is 1. The number of carbonyl (C=O) groups is 1. The number of hydrogen-bond acceptors (Lipinski definition) is 5. The third kappa shape index (κ3) is 3.48. The zero-order valence-electron chi connectivity index (χ0n) is 9.95. The molecule has 90 valence electrons. The number of thiazole rings is 1. The molecule has 0 aliphatic rings. The van der Waals surface area contributed by atoms with Gasteiger partial charge in [-0.15, -0.1) is 0 Å². The van der Waals surface area contributed by atoms with Crippen molar-refractivity contribution in [3.8, 4) is 0 Å². The van der Waals surface area contributed by atoms with Crippen LogP contribution in [-0.2, 0) is 4.74 Å².